The molecule has 0 aliphatic carbocycles. The zero-order valence-corrected chi connectivity index (χ0v) is 60.2. The SMILES string of the molecule is CCCCCCCCC/C=C\CCCCCCCC(=O)OCCCCCCCCCCC/C=C\C/C=C\CCCCCCCCCCCCCCCCCCCC(=O)NC(CO)C(O)/C=C/CCCCCCCCCCCCCCCCCCCCCCC. The lowest BCUT2D eigenvalue weighted by Crippen LogP contribution is -2.45. The van der Waals surface area contributed by atoms with Crippen LogP contribution >= 0.6 is 0 Å². The van der Waals surface area contributed by atoms with Gasteiger partial charge in [-0.05, 0) is 89.9 Å². The molecule has 0 aromatic carbocycles. The number of unbranched alkanes of at least 4 members (excludes halogenated alkanes) is 59. The lowest BCUT2D eigenvalue weighted by molar-refractivity contribution is -0.143. The predicted octanol–water partition coefficient (Wildman–Crippen LogP) is 26.8. The Kier molecular flexibility index (Phi) is 76.3. The highest BCUT2D eigenvalue weighted by Gasteiger charge is 2.18. The zero-order chi connectivity index (χ0) is 64.2. The Hall–Kier alpha value is -2.18. The van der Waals surface area contributed by atoms with Gasteiger partial charge in [-0.25, -0.2) is 0 Å². The van der Waals surface area contributed by atoms with Crippen molar-refractivity contribution in [3.05, 3.63) is 48.6 Å². The number of aliphatic hydroxyl groups excluding tert-OH is 2. The van der Waals surface area contributed by atoms with Gasteiger partial charge in [0.1, 0.15) is 0 Å². The van der Waals surface area contributed by atoms with Gasteiger partial charge in [-0.3, -0.25) is 9.59 Å². The van der Waals surface area contributed by atoms with E-state index in [0.717, 1.165) is 51.4 Å². The lowest BCUT2D eigenvalue weighted by atomic mass is 10.0. The van der Waals surface area contributed by atoms with Crippen molar-refractivity contribution in [2.45, 2.75) is 456 Å². The molecule has 2 atom stereocenters. The summed E-state index contributed by atoms with van der Waals surface area (Å²) in [6, 6.07) is -0.629. The van der Waals surface area contributed by atoms with E-state index in [2.05, 4.69) is 55.6 Å². The first-order valence-corrected chi connectivity index (χ1v) is 40.4. The standard InChI is InChI=1S/C83H157NO5/c1-3-5-7-9-11-13-15-17-19-21-22-23-35-38-41-44-47-51-55-59-63-67-71-75-81(86)80(79-85)84-82(87)76-72-68-64-60-56-52-48-45-42-39-36-33-31-29-27-25-24-26-28-30-32-34-37-40-43-46-50-54-58-62-66-70-74-78-89-83(88)77-73-69-65-61-57-53-49-20-18-16-14-12-10-8-6-4-2/h20,28,30,34,37,49,71,75,80-81,85-86H,3-19,21-27,29,31-33,35-36,38-48,50-70,72-74,76-79H2,1-2H3,(H,84,87)/b30-28-,37-34-,49-20-,75-71+. The molecule has 6 heteroatoms. The first-order chi connectivity index (χ1) is 44.0. The van der Waals surface area contributed by atoms with Crippen LogP contribution in [-0.2, 0) is 14.3 Å². The Morgan fingerprint density at radius 1 is 0.315 bits per heavy atom. The quantitative estimate of drug-likeness (QED) is 0.0320. The van der Waals surface area contributed by atoms with Gasteiger partial charge >= 0.3 is 5.97 Å². The molecule has 0 rings (SSSR count). The molecular formula is C83H157NO5. The predicted molar refractivity (Wildman–Crippen MR) is 393 cm³/mol. The average molecular weight is 1250 g/mol. The number of hydrogen-bond donors (Lipinski definition) is 3. The number of ether oxygens (including phenoxy) is 1. The molecule has 0 aromatic heterocycles. The molecule has 0 saturated carbocycles. The molecule has 0 radical (unpaired) electrons. The molecule has 0 aliphatic heterocycles. The van der Waals surface area contributed by atoms with E-state index in [0.29, 0.717) is 19.4 Å². The van der Waals surface area contributed by atoms with Crippen molar-refractivity contribution in [2.24, 2.45) is 0 Å². The minimum Gasteiger partial charge on any atom is -0.466 e. The number of carbonyl (C=O) groups is 2. The lowest BCUT2D eigenvalue weighted by Gasteiger charge is -2.20. The number of nitrogens with one attached hydrogen (secondary N) is 1. The molecule has 89 heavy (non-hydrogen) atoms. The Labute approximate surface area is 556 Å². The molecule has 3 N–H and O–H groups in total. The number of amides is 1. The normalized spacial score (nSPS) is 12.7. The third-order valence-electron chi connectivity index (χ3n) is 18.8. The molecule has 1 amide bonds. The Balaban J connectivity index is 3.40. The number of esters is 1. The second kappa shape index (κ2) is 78.3. The summed E-state index contributed by atoms with van der Waals surface area (Å²) in [5.74, 6) is -0.0545. The van der Waals surface area contributed by atoms with E-state index < -0.39 is 12.1 Å². The maximum absolute atomic E-state index is 12.6. The molecule has 524 valence electrons. The minimum atomic E-state index is -0.845. The van der Waals surface area contributed by atoms with Gasteiger partial charge in [0.15, 0.2) is 0 Å². The van der Waals surface area contributed by atoms with Crippen LogP contribution in [0.2, 0.25) is 0 Å². The molecule has 0 fully saturated rings. The van der Waals surface area contributed by atoms with Crippen molar-refractivity contribution < 1.29 is 24.5 Å². The van der Waals surface area contributed by atoms with E-state index >= 15 is 0 Å². The number of aliphatic hydroxyl groups is 2. The van der Waals surface area contributed by atoms with Gasteiger partial charge in [-0.15, -0.1) is 0 Å². The first kappa shape index (κ1) is 86.8. The van der Waals surface area contributed by atoms with Gasteiger partial charge in [0.2, 0.25) is 5.91 Å². The van der Waals surface area contributed by atoms with Crippen LogP contribution < -0.4 is 5.32 Å². The van der Waals surface area contributed by atoms with Gasteiger partial charge in [0, 0.05) is 12.8 Å². The third-order valence-corrected chi connectivity index (χ3v) is 18.8. The monoisotopic (exact) mass is 1250 g/mol. The van der Waals surface area contributed by atoms with Crippen LogP contribution in [0.1, 0.15) is 444 Å². The molecule has 0 spiro atoms. The van der Waals surface area contributed by atoms with Crippen LogP contribution in [0.5, 0.6) is 0 Å². The van der Waals surface area contributed by atoms with Crippen molar-refractivity contribution >= 4 is 11.9 Å². The first-order valence-electron chi connectivity index (χ1n) is 40.4. The molecular weight excluding hydrogens is 1090 g/mol. The molecule has 0 bridgehead atoms. The summed E-state index contributed by atoms with van der Waals surface area (Å²) in [6.45, 7) is 4.94. The maximum Gasteiger partial charge on any atom is 0.305 e. The zero-order valence-electron chi connectivity index (χ0n) is 60.2. The van der Waals surface area contributed by atoms with Crippen LogP contribution in [0.25, 0.3) is 0 Å². The van der Waals surface area contributed by atoms with Gasteiger partial charge in [-0.1, -0.05) is 390 Å². The highest BCUT2D eigenvalue weighted by Crippen LogP contribution is 2.19. The van der Waals surface area contributed by atoms with Crippen molar-refractivity contribution in [3.63, 3.8) is 0 Å². The van der Waals surface area contributed by atoms with Crippen LogP contribution in [-0.4, -0.2) is 47.4 Å². The largest absolute Gasteiger partial charge is 0.466 e. The number of hydrogen-bond acceptors (Lipinski definition) is 5. The summed E-state index contributed by atoms with van der Waals surface area (Å²) in [5, 5.41) is 23.3. The fraction of sp³-hybridized carbons (Fsp3) is 0.880. The maximum atomic E-state index is 12.6. The molecule has 0 aromatic rings. The summed E-state index contributed by atoms with van der Waals surface area (Å²) in [4.78, 5) is 24.6. The van der Waals surface area contributed by atoms with E-state index in [-0.39, 0.29) is 18.5 Å². The summed E-state index contributed by atoms with van der Waals surface area (Å²) >= 11 is 0. The number of carbonyl (C=O) groups excluding carboxylic acids is 2. The minimum absolute atomic E-state index is 0.00710. The van der Waals surface area contributed by atoms with E-state index in [1.807, 2.05) is 6.08 Å². The molecule has 0 heterocycles. The van der Waals surface area contributed by atoms with Crippen LogP contribution in [0.3, 0.4) is 0 Å². The Morgan fingerprint density at radius 2 is 0.562 bits per heavy atom. The smallest absolute Gasteiger partial charge is 0.305 e. The summed E-state index contributed by atoms with van der Waals surface area (Å²) < 4.78 is 5.50. The van der Waals surface area contributed by atoms with Gasteiger partial charge < -0.3 is 20.3 Å². The van der Waals surface area contributed by atoms with Gasteiger partial charge in [0.05, 0.1) is 25.4 Å². The molecule has 0 aliphatic rings. The average Bonchev–Trinajstić information content (AvgIpc) is 3.64. The van der Waals surface area contributed by atoms with Crippen LogP contribution in [0.4, 0.5) is 0 Å². The van der Waals surface area contributed by atoms with Crippen molar-refractivity contribution in [1.29, 1.82) is 0 Å². The van der Waals surface area contributed by atoms with Gasteiger partial charge in [0.25, 0.3) is 0 Å². The Bertz CT molecular complexity index is 1490. The fourth-order valence-corrected chi connectivity index (χ4v) is 12.7. The second-order valence-corrected chi connectivity index (χ2v) is 27.7. The Morgan fingerprint density at radius 3 is 0.865 bits per heavy atom. The van der Waals surface area contributed by atoms with Gasteiger partial charge in [-0.2, -0.15) is 0 Å². The van der Waals surface area contributed by atoms with E-state index in [1.54, 1.807) is 6.08 Å². The molecule has 2 unspecified atom stereocenters. The van der Waals surface area contributed by atoms with E-state index in [9.17, 15) is 19.8 Å². The van der Waals surface area contributed by atoms with E-state index in [1.165, 1.54) is 366 Å². The van der Waals surface area contributed by atoms with Crippen LogP contribution in [0, 0.1) is 0 Å². The van der Waals surface area contributed by atoms with E-state index in [4.69, 9.17) is 4.74 Å². The highest BCUT2D eigenvalue weighted by molar-refractivity contribution is 5.76. The van der Waals surface area contributed by atoms with Crippen LogP contribution in [0.15, 0.2) is 48.6 Å². The summed E-state index contributed by atoms with van der Waals surface area (Å²) in [5.41, 5.74) is 0. The van der Waals surface area contributed by atoms with Crippen molar-refractivity contribution in [3.8, 4) is 0 Å². The molecule has 0 saturated heterocycles. The van der Waals surface area contributed by atoms with Crippen molar-refractivity contribution in [2.75, 3.05) is 13.2 Å². The molecule has 6 nitrogen and oxygen atoms in total. The number of rotatable bonds is 76. The third kappa shape index (κ3) is 74.7. The summed E-state index contributed by atoms with van der Waals surface area (Å²) in [7, 11) is 0. The fourth-order valence-electron chi connectivity index (χ4n) is 12.7. The highest BCUT2D eigenvalue weighted by atomic mass is 16.5. The van der Waals surface area contributed by atoms with Crippen molar-refractivity contribution in [1.82, 2.24) is 5.32 Å². The number of allylic oxidation sites excluding steroid dienone is 7. The topological polar surface area (TPSA) is 95.9 Å². The summed E-state index contributed by atoms with van der Waals surface area (Å²) in [6.07, 6.45) is 104. The second-order valence-electron chi connectivity index (χ2n) is 27.7.